The van der Waals surface area contributed by atoms with Crippen molar-refractivity contribution in [1.29, 1.82) is 0 Å². The number of aromatic amines is 2. The normalized spacial score (nSPS) is 11.3. The molecule has 0 spiro atoms. The molecule has 5 heterocycles. The van der Waals surface area contributed by atoms with Gasteiger partial charge in [-0.1, -0.05) is 12.1 Å². The predicted octanol–water partition coefficient (Wildman–Crippen LogP) is 4.77. The third-order valence-electron chi connectivity index (χ3n) is 5.42. The zero-order chi connectivity index (χ0) is 22.4. The molecule has 160 valence electrons. The number of methoxy groups -OCH3 is 1. The predicted molar refractivity (Wildman–Crippen MR) is 122 cm³/mol. The van der Waals surface area contributed by atoms with Gasteiger partial charge in [0.1, 0.15) is 22.8 Å². The van der Waals surface area contributed by atoms with E-state index in [0.29, 0.717) is 34.0 Å². The van der Waals surface area contributed by atoms with Crippen LogP contribution in [0.5, 0.6) is 5.75 Å². The fraction of sp³-hybridized carbons (Fsp3) is 0.0417. The van der Waals surface area contributed by atoms with Crippen molar-refractivity contribution in [3.63, 3.8) is 0 Å². The summed E-state index contributed by atoms with van der Waals surface area (Å²) in [5.74, 6) is 0.895. The fourth-order valence-corrected chi connectivity index (χ4v) is 3.82. The molecule has 1 aromatic carbocycles. The molecule has 0 unspecified atom stereocenters. The van der Waals surface area contributed by atoms with Crippen molar-refractivity contribution in [3.05, 3.63) is 73.1 Å². The average molecular weight is 437 g/mol. The summed E-state index contributed by atoms with van der Waals surface area (Å²) >= 11 is 0. The number of nitrogens with zero attached hydrogens (tertiary/aromatic N) is 5. The van der Waals surface area contributed by atoms with E-state index in [1.165, 1.54) is 12.1 Å². The summed E-state index contributed by atoms with van der Waals surface area (Å²) in [5.41, 5.74) is 5.64. The molecule has 0 aliphatic rings. The molecule has 8 nitrogen and oxygen atoms in total. The number of nitrogens with one attached hydrogen (secondary N) is 2. The number of ether oxygens (including phenoxy) is 1. The van der Waals surface area contributed by atoms with Gasteiger partial charge in [-0.25, -0.2) is 9.37 Å². The highest BCUT2D eigenvalue weighted by molar-refractivity contribution is 5.96. The molecule has 0 fully saturated rings. The first kappa shape index (κ1) is 19.1. The summed E-state index contributed by atoms with van der Waals surface area (Å²) in [4.78, 5) is 21.3. The summed E-state index contributed by atoms with van der Waals surface area (Å²) < 4.78 is 19.1. The molecule has 0 aliphatic heterocycles. The van der Waals surface area contributed by atoms with E-state index < -0.39 is 0 Å². The molecule has 9 heteroatoms. The Kier molecular flexibility index (Phi) is 4.32. The van der Waals surface area contributed by atoms with Gasteiger partial charge in [0.05, 0.1) is 41.9 Å². The minimum absolute atomic E-state index is 0.326. The van der Waals surface area contributed by atoms with Crippen LogP contribution in [0.15, 0.2) is 67.3 Å². The number of pyridine rings is 3. The maximum Gasteiger partial charge on any atom is 0.159 e. The van der Waals surface area contributed by atoms with Crippen LogP contribution in [0.4, 0.5) is 4.39 Å². The lowest BCUT2D eigenvalue weighted by Gasteiger charge is -2.03. The molecule has 0 saturated heterocycles. The largest absolute Gasteiger partial charge is 0.495 e. The van der Waals surface area contributed by atoms with Crippen molar-refractivity contribution < 1.29 is 9.13 Å². The summed E-state index contributed by atoms with van der Waals surface area (Å²) in [5, 5.41) is 8.32. The number of halogens is 1. The number of aromatic nitrogens is 7. The van der Waals surface area contributed by atoms with E-state index in [1.807, 2.05) is 24.3 Å². The zero-order valence-electron chi connectivity index (χ0n) is 17.4. The van der Waals surface area contributed by atoms with Gasteiger partial charge in [-0.3, -0.25) is 20.1 Å². The minimum Gasteiger partial charge on any atom is -0.495 e. The molecule has 2 N–H and O–H groups in total. The van der Waals surface area contributed by atoms with Crippen LogP contribution in [0.3, 0.4) is 0 Å². The Labute approximate surface area is 186 Å². The smallest absolute Gasteiger partial charge is 0.159 e. The standard InChI is InChI=1S/C24H16FN7O/c1-33-16-8-14(10-26-11-16)19-9-17-20(12-28-19)31-32-22(17)24-29-18-5-6-27-21(23(18)30-24)13-3-2-4-15(25)7-13/h2-12H,1H3,(H,29,30)(H,31,32). The van der Waals surface area contributed by atoms with Crippen molar-refractivity contribution in [2.24, 2.45) is 0 Å². The SMILES string of the molecule is COc1cncc(-c2cc3c(-c4nc5c(-c6cccc(F)c6)nccc5[nH]4)n[nH]c3cn2)c1. The molecule has 0 bridgehead atoms. The first-order valence-electron chi connectivity index (χ1n) is 10.1. The summed E-state index contributed by atoms with van der Waals surface area (Å²) in [7, 11) is 1.60. The van der Waals surface area contributed by atoms with Crippen molar-refractivity contribution in [2.75, 3.05) is 7.11 Å². The van der Waals surface area contributed by atoms with Crippen LogP contribution in [0, 0.1) is 5.82 Å². The molecule has 0 atom stereocenters. The molecule has 0 saturated carbocycles. The zero-order valence-corrected chi connectivity index (χ0v) is 17.4. The van der Waals surface area contributed by atoms with Crippen molar-refractivity contribution in [2.45, 2.75) is 0 Å². The third kappa shape index (κ3) is 3.26. The molecule has 0 aliphatic carbocycles. The Morgan fingerprint density at radius 1 is 0.909 bits per heavy atom. The lowest BCUT2D eigenvalue weighted by atomic mass is 10.1. The molecule has 6 aromatic rings. The number of rotatable bonds is 4. The molecular formula is C24H16FN7O. The summed E-state index contributed by atoms with van der Waals surface area (Å²) in [6, 6.07) is 11.9. The van der Waals surface area contributed by atoms with Crippen molar-refractivity contribution >= 4 is 21.9 Å². The second-order valence-corrected chi connectivity index (χ2v) is 7.45. The number of fused-ring (bicyclic) bond motifs is 2. The van der Waals surface area contributed by atoms with Gasteiger partial charge in [-0.05, 0) is 30.3 Å². The van der Waals surface area contributed by atoms with E-state index in [2.05, 4.69) is 30.1 Å². The Morgan fingerprint density at radius 3 is 2.73 bits per heavy atom. The first-order chi connectivity index (χ1) is 16.2. The number of hydrogen-bond donors (Lipinski definition) is 2. The van der Waals surface area contributed by atoms with Gasteiger partial charge in [0.2, 0.25) is 0 Å². The van der Waals surface area contributed by atoms with Crippen molar-refractivity contribution in [1.82, 2.24) is 35.1 Å². The molecule has 0 radical (unpaired) electrons. The van der Waals surface area contributed by atoms with Gasteiger partial charge < -0.3 is 9.72 Å². The highest BCUT2D eigenvalue weighted by atomic mass is 19.1. The highest BCUT2D eigenvalue weighted by Crippen LogP contribution is 2.32. The number of H-pyrrole nitrogens is 2. The Bertz CT molecular complexity index is 1640. The van der Waals surface area contributed by atoms with E-state index >= 15 is 0 Å². The average Bonchev–Trinajstić information content (AvgIpc) is 3.47. The second kappa shape index (κ2) is 7.49. The highest BCUT2D eigenvalue weighted by Gasteiger charge is 2.17. The van der Waals surface area contributed by atoms with Gasteiger partial charge in [-0.2, -0.15) is 5.10 Å². The maximum absolute atomic E-state index is 13.8. The third-order valence-corrected chi connectivity index (χ3v) is 5.42. The number of benzene rings is 1. The van der Waals surface area contributed by atoms with Gasteiger partial charge >= 0.3 is 0 Å². The van der Waals surface area contributed by atoms with Gasteiger partial charge in [-0.15, -0.1) is 0 Å². The van der Waals surface area contributed by atoms with Crippen LogP contribution < -0.4 is 4.74 Å². The van der Waals surface area contributed by atoms with E-state index in [4.69, 9.17) is 9.72 Å². The van der Waals surface area contributed by atoms with E-state index in [1.54, 1.807) is 38.0 Å². The van der Waals surface area contributed by atoms with Crippen LogP contribution in [-0.4, -0.2) is 42.2 Å². The van der Waals surface area contributed by atoms with Crippen LogP contribution in [0.2, 0.25) is 0 Å². The van der Waals surface area contributed by atoms with E-state index in [-0.39, 0.29) is 5.82 Å². The maximum atomic E-state index is 13.8. The van der Waals surface area contributed by atoms with E-state index in [0.717, 1.165) is 27.7 Å². The lowest BCUT2D eigenvalue weighted by Crippen LogP contribution is -1.89. The first-order valence-corrected chi connectivity index (χ1v) is 10.1. The van der Waals surface area contributed by atoms with Gasteiger partial charge in [0, 0.05) is 28.9 Å². The van der Waals surface area contributed by atoms with Crippen LogP contribution in [0.25, 0.3) is 56.0 Å². The molecule has 5 aromatic heterocycles. The van der Waals surface area contributed by atoms with Gasteiger partial charge in [0.25, 0.3) is 0 Å². The van der Waals surface area contributed by atoms with E-state index in [9.17, 15) is 4.39 Å². The Balaban J connectivity index is 1.49. The lowest BCUT2D eigenvalue weighted by molar-refractivity contribution is 0.413. The minimum atomic E-state index is -0.326. The summed E-state index contributed by atoms with van der Waals surface area (Å²) in [6.07, 6.45) is 6.77. The number of imidazole rings is 1. The van der Waals surface area contributed by atoms with Crippen LogP contribution in [-0.2, 0) is 0 Å². The van der Waals surface area contributed by atoms with Crippen LogP contribution in [0.1, 0.15) is 0 Å². The van der Waals surface area contributed by atoms with Gasteiger partial charge in [0.15, 0.2) is 5.82 Å². The topological polar surface area (TPSA) is 105 Å². The summed E-state index contributed by atoms with van der Waals surface area (Å²) in [6.45, 7) is 0. The molecule has 6 rings (SSSR count). The van der Waals surface area contributed by atoms with Crippen molar-refractivity contribution in [3.8, 4) is 39.8 Å². The molecular weight excluding hydrogens is 421 g/mol. The van der Waals surface area contributed by atoms with Crippen LogP contribution >= 0.6 is 0 Å². The Morgan fingerprint density at radius 2 is 1.85 bits per heavy atom. The Hall–Kier alpha value is -4.66. The quantitative estimate of drug-likeness (QED) is 0.411. The molecule has 0 amide bonds. The molecule has 33 heavy (non-hydrogen) atoms. The number of hydrogen-bond acceptors (Lipinski definition) is 6. The monoisotopic (exact) mass is 437 g/mol. The second-order valence-electron chi connectivity index (χ2n) is 7.45. The fourth-order valence-electron chi connectivity index (χ4n) is 3.82.